The van der Waals surface area contributed by atoms with E-state index in [9.17, 15) is 9.59 Å². The van der Waals surface area contributed by atoms with E-state index < -0.39 is 18.0 Å². The van der Waals surface area contributed by atoms with Crippen molar-refractivity contribution in [3.8, 4) is 5.75 Å². The number of hydrogen-bond acceptors (Lipinski definition) is 5. The van der Waals surface area contributed by atoms with E-state index in [-0.39, 0.29) is 5.57 Å². The number of ether oxygens (including phenoxy) is 3. The van der Waals surface area contributed by atoms with Gasteiger partial charge in [0.05, 0.1) is 12.7 Å². The van der Waals surface area contributed by atoms with Crippen LogP contribution in [0.15, 0.2) is 65.2 Å². The highest BCUT2D eigenvalue weighted by Crippen LogP contribution is 2.35. The van der Waals surface area contributed by atoms with Crippen LogP contribution in [0.25, 0.3) is 0 Å². The minimum atomic E-state index is -1.01. The van der Waals surface area contributed by atoms with Crippen LogP contribution in [0.1, 0.15) is 24.2 Å². The van der Waals surface area contributed by atoms with Crippen molar-refractivity contribution >= 4 is 27.9 Å². The van der Waals surface area contributed by atoms with Crippen LogP contribution < -0.4 is 4.74 Å². The predicted molar refractivity (Wildman–Crippen MR) is 101 cm³/mol. The van der Waals surface area contributed by atoms with Crippen LogP contribution >= 0.6 is 15.9 Å². The summed E-state index contributed by atoms with van der Waals surface area (Å²) in [6, 6.07) is 14.9. The van der Waals surface area contributed by atoms with Crippen LogP contribution in [-0.2, 0) is 25.7 Å². The minimum Gasteiger partial charge on any atom is -0.488 e. The van der Waals surface area contributed by atoms with E-state index in [1.54, 1.807) is 18.2 Å². The zero-order chi connectivity index (χ0) is 19.1. The molecule has 0 amide bonds. The summed E-state index contributed by atoms with van der Waals surface area (Å²) in [7, 11) is 1.24. The van der Waals surface area contributed by atoms with Gasteiger partial charge in [-0.3, -0.25) is 4.79 Å². The second kappa shape index (κ2) is 9.20. The molecule has 0 heterocycles. The average molecular weight is 419 g/mol. The van der Waals surface area contributed by atoms with E-state index in [1.807, 2.05) is 30.3 Å². The second-order valence-corrected chi connectivity index (χ2v) is 6.38. The molecule has 0 aliphatic carbocycles. The Kier molecular flexibility index (Phi) is 6.97. The van der Waals surface area contributed by atoms with Crippen molar-refractivity contribution in [3.63, 3.8) is 0 Å². The fourth-order valence-corrected chi connectivity index (χ4v) is 2.70. The summed E-state index contributed by atoms with van der Waals surface area (Å²) >= 11 is 3.39. The molecule has 0 aromatic heterocycles. The summed E-state index contributed by atoms with van der Waals surface area (Å²) in [5, 5.41) is 0. The summed E-state index contributed by atoms with van der Waals surface area (Å²) in [6.07, 6.45) is -1.01. The highest BCUT2D eigenvalue weighted by molar-refractivity contribution is 9.10. The number of halogens is 1. The van der Waals surface area contributed by atoms with Crippen molar-refractivity contribution in [3.05, 3.63) is 76.3 Å². The van der Waals surface area contributed by atoms with Crippen molar-refractivity contribution in [2.24, 2.45) is 0 Å². The number of rotatable bonds is 7. The van der Waals surface area contributed by atoms with Crippen LogP contribution in [-0.4, -0.2) is 19.0 Å². The van der Waals surface area contributed by atoms with Gasteiger partial charge < -0.3 is 14.2 Å². The van der Waals surface area contributed by atoms with Crippen molar-refractivity contribution in [1.29, 1.82) is 0 Å². The maximum absolute atomic E-state index is 11.9. The second-order valence-electron chi connectivity index (χ2n) is 5.46. The number of carbonyl (C=O) groups is 2. The van der Waals surface area contributed by atoms with Crippen LogP contribution in [0.3, 0.4) is 0 Å². The lowest BCUT2D eigenvalue weighted by atomic mass is 10.0. The summed E-state index contributed by atoms with van der Waals surface area (Å²) < 4.78 is 16.7. The summed E-state index contributed by atoms with van der Waals surface area (Å²) in [6.45, 7) is 5.31. The molecule has 0 bridgehead atoms. The Morgan fingerprint density at radius 2 is 1.85 bits per heavy atom. The normalized spacial score (nSPS) is 11.3. The molecule has 1 atom stereocenters. The van der Waals surface area contributed by atoms with Gasteiger partial charge in [-0.15, -0.1) is 0 Å². The zero-order valence-corrected chi connectivity index (χ0v) is 16.1. The van der Waals surface area contributed by atoms with Crippen molar-refractivity contribution in [1.82, 2.24) is 0 Å². The molecule has 5 nitrogen and oxygen atoms in total. The van der Waals surface area contributed by atoms with Gasteiger partial charge in [-0.2, -0.15) is 0 Å². The molecule has 0 saturated heterocycles. The number of hydrogen-bond donors (Lipinski definition) is 0. The summed E-state index contributed by atoms with van der Waals surface area (Å²) in [5.74, 6) is -0.729. The van der Waals surface area contributed by atoms with Gasteiger partial charge in [-0.25, -0.2) is 4.79 Å². The van der Waals surface area contributed by atoms with Crippen molar-refractivity contribution in [2.45, 2.75) is 19.6 Å². The molecule has 136 valence electrons. The first-order valence-electron chi connectivity index (χ1n) is 7.83. The predicted octanol–water partition coefficient (Wildman–Crippen LogP) is 4.36. The third-order valence-corrected chi connectivity index (χ3v) is 4.03. The fraction of sp³-hybridized carbons (Fsp3) is 0.200. The van der Waals surface area contributed by atoms with Crippen molar-refractivity contribution < 1.29 is 23.8 Å². The Balaban J connectivity index is 2.36. The Morgan fingerprint density at radius 3 is 2.46 bits per heavy atom. The quantitative estimate of drug-likeness (QED) is 0.493. The fourth-order valence-electron chi connectivity index (χ4n) is 2.32. The first-order valence-corrected chi connectivity index (χ1v) is 8.62. The third kappa shape index (κ3) is 5.20. The van der Waals surface area contributed by atoms with E-state index in [0.717, 1.165) is 10.0 Å². The van der Waals surface area contributed by atoms with Gasteiger partial charge in [0, 0.05) is 17.0 Å². The number of benzene rings is 2. The van der Waals surface area contributed by atoms with E-state index >= 15 is 0 Å². The first-order chi connectivity index (χ1) is 12.4. The monoisotopic (exact) mass is 418 g/mol. The Labute approximate surface area is 160 Å². The van der Waals surface area contributed by atoms with Gasteiger partial charge in [-0.05, 0) is 23.8 Å². The third-order valence-electron chi connectivity index (χ3n) is 3.54. The number of methoxy groups -OCH3 is 1. The Morgan fingerprint density at radius 1 is 1.15 bits per heavy atom. The lowest BCUT2D eigenvalue weighted by Crippen LogP contribution is -2.18. The van der Waals surface area contributed by atoms with Crippen LogP contribution in [0.4, 0.5) is 0 Å². The van der Waals surface area contributed by atoms with E-state index in [0.29, 0.717) is 17.9 Å². The molecule has 2 rings (SSSR count). The van der Waals surface area contributed by atoms with E-state index in [1.165, 1.54) is 14.0 Å². The molecule has 26 heavy (non-hydrogen) atoms. The Hall–Kier alpha value is -2.60. The highest BCUT2D eigenvalue weighted by Gasteiger charge is 2.28. The standard InChI is InChI=1S/C20H19BrO5/c1-13(20(23)24-3)19(26-14(2)22)17-11-16(21)9-10-18(17)25-12-15-7-5-4-6-8-15/h4-11,19H,1,12H2,2-3H3. The summed E-state index contributed by atoms with van der Waals surface area (Å²) in [4.78, 5) is 23.5. The maximum Gasteiger partial charge on any atom is 0.337 e. The molecule has 0 spiro atoms. The highest BCUT2D eigenvalue weighted by atomic mass is 79.9. The van der Waals surface area contributed by atoms with Crippen LogP contribution in [0.2, 0.25) is 0 Å². The molecule has 0 N–H and O–H groups in total. The Bertz CT molecular complexity index is 801. The van der Waals surface area contributed by atoms with Gasteiger partial charge in [0.2, 0.25) is 0 Å². The van der Waals surface area contributed by atoms with Gasteiger partial charge >= 0.3 is 11.9 Å². The smallest absolute Gasteiger partial charge is 0.337 e. The van der Waals surface area contributed by atoms with E-state index in [4.69, 9.17) is 14.2 Å². The molecule has 6 heteroatoms. The summed E-state index contributed by atoms with van der Waals surface area (Å²) in [5.41, 5.74) is 1.49. The van der Waals surface area contributed by atoms with Crippen LogP contribution in [0.5, 0.6) is 5.75 Å². The first kappa shape index (κ1) is 19.7. The largest absolute Gasteiger partial charge is 0.488 e. The minimum absolute atomic E-state index is 0.00496. The molecular formula is C20H19BrO5. The van der Waals surface area contributed by atoms with Gasteiger partial charge in [0.25, 0.3) is 0 Å². The number of carbonyl (C=O) groups excluding carboxylic acids is 2. The molecule has 0 fully saturated rings. The average Bonchev–Trinajstić information content (AvgIpc) is 2.64. The van der Waals surface area contributed by atoms with Gasteiger partial charge in [0.15, 0.2) is 6.10 Å². The number of esters is 2. The van der Waals surface area contributed by atoms with Crippen molar-refractivity contribution in [2.75, 3.05) is 7.11 Å². The lowest BCUT2D eigenvalue weighted by Gasteiger charge is -2.21. The topological polar surface area (TPSA) is 61.8 Å². The molecule has 0 aliphatic heterocycles. The van der Waals surface area contributed by atoms with E-state index in [2.05, 4.69) is 22.5 Å². The SMILES string of the molecule is C=C(C(=O)OC)C(OC(C)=O)c1cc(Br)ccc1OCc1ccccc1. The van der Waals surface area contributed by atoms with Gasteiger partial charge in [-0.1, -0.05) is 52.8 Å². The van der Waals surface area contributed by atoms with Gasteiger partial charge in [0.1, 0.15) is 12.4 Å². The van der Waals surface area contributed by atoms with Crippen LogP contribution in [0, 0.1) is 0 Å². The molecule has 0 saturated carbocycles. The molecular weight excluding hydrogens is 400 g/mol. The molecule has 1 unspecified atom stereocenters. The zero-order valence-electron chi connectivity index (χ0n) is 14.5. The lowest BCUT2D eigenvalue weighted by molar-refractivity contribution is -0.147. The molecule has 2 aromatic rings. The molecule has 0 radical (unpaired) electrons. The maximum atomic E-state index is 11.9. The molecule has 0 aliphatic rings. The molecule has 2 aromatic carbocycles.